The van der Waals surface area contributed by atoms with E-state index >= 15 is 0 Å². The highest BCUT2D eigenvalue weighted by atomic mass is 35.5. The monoisotopic (exact) mass is 522 g/mol. The number of piperazine rings is 1. The smallest absolute Gasteiger partial charge is 0.242 e. The van der Waals surface area contributed by atoms with E-state index in [4.69, 9.17) is 16.3 Å². The molecule has 0 aliphatic carbocycles. The summed E-state index contributed by atoms with van der Waals surface area (Å²) in [5.41, 5.74) is 4.51. The summed E-state index contributed by atoms with van der Waals surface area (Å²) in [5.74, 6) is 1.50. The minimum atomic E-state index is -0.270. The Hall–Kier alpha value is -2.77. The third-order valence-electron chi connectivity index (χ3n) is 8.58. The molecule has 4 aliphatic rings. The molecule has 2 fully saturated rings. The van der Waals surface area contributed by atoms with E-state index in [1.807, 2.05) is 28.0 Å². The fourth-order valence-corrected chi connectivity index (χ4v) is 6.54. The molecule has 0 spiro atoms. The lowest BCUT2D eigenvalue weighted by Gasteiger charge is -2.35. The summed E-state index contributed by atoms with van der Waals surface area (Å²) in [4.78, 5) is 35.2. The van der Waals surface area contributed by atoms with Gasteiger partial charge in [-0.15, -0.1) is 0 Å². The molecule has 1 unspecified atom stereocenters. The van der Waals surface area contributed by atoms with Crippen LogP contribution in [-0.2, 0) is 16.0 Å². The predicted molar refractivity (Wildman–Crippen MR) is 145 cm³/mol. The summed E-state index contributed by atoms with van der Waals surface area (Å²) in [5, 5.41) is 0.627. The molecule has 2 aromatic rings. The highest BCUT2D eigenvalue weighted by molar-refractivity contribution is 6.31. The van der Waals surface area contributed by atoms with Crippen LogP contribution in [0.3, 0.4) is 0 Å². The first-order valence-electron chi connectivity index (χ1n) is 13.5. The van der Waals surface area contributed by atoms with Crippen molar-refractivity contribution in [2.45, 2.75) is 31.1 Å². The molecule has 8 heteroatoms. The van der Waals surface area contributed by atoms with E-state index in [1.165, 1.54) is 11.1 Å². The lowest BCUT2D eigenvalue weighted by molar-refractivity contribution is -0.134. The van der Waals surface area contributed by atoms with Crippen LogP contribution in [-0.4, -0.2) is 92.5 Å². The summed E-state index contributed by atoms with van der Waals surface area (Å²) >= 11 is 6.35. The van der Waals surface area contributed by atoms with Gasteiger partial charge in [0.1, 0.15) is 5.75 Å². The number of fused-ring (bicyclic) bond motifs is 2. The normalized spacial score (nSPS) is 22.1. The van der Waals surface area contributed by atoms with Gasteiger partial charge < -0.3 is 24.3 Å². The van der Waals surface area contributed by atoms with Gasteiger partial charge in [0.25, 0.3) is 0 Å². The van der Waals surface area contributed by atoms with Crippen LogP contribution in [0.5, 0.6) is 5.75 Å². The molecule has 0 aromatic heterocycles. The third-order valence-corrected chi connectivity index (χ3v) is 8.82. The molecular formula is C29H35ClN4O3. The zero-order valence-electron chi connectivity index (χ0n) is 21.5. The Kier molecular flexibility index (Phi) is 6.76. The third kappa shape index (κ3) is 4.79. The van der Waals surface area contributed by atoms with Crippen LogP contribution < -0.4 is 9.64 Å². The van der Waals surface area contributed by atoms with Crippen molar-refractivity contribution in [1.82, 2.24) is 14.7 Å². The van der Waals surface area contributed by atoms with Crippen LogP contribution in [0, 0.1) is 0 Å². The zero-order chi connectivity index (χ0) is 25.5. The lowest BCUT2D eigenvalue weighted by Crippen LogP contribution is -2.50. The number of ether oxygens (including phenoxy) is 1. The summed E-state index contributed by atoms with van der Waals surface area (Å²) in [6.45, 7) is 6.33. The minimum Gasteiger partial charge on any atom is -0.493 e. The maximum Gasteiger partial charge on any atom is 0.242 e. The van der Waals surface area contributed by atoms with Gasteiger partial charge in [-0.1, -0.05) is 35.9 Å². The average molecular weight is 523 g/mol. The van der Waals surface area contributed by atoms with E-state index in [0.29, 0.717) is 17.5 Å². The number of hydrogen-bond acceptors (Lipinski definition) is 5. The number of amides is 2. The van der Waals surface area contributed by atoms with Crippen molar-refractivity contribution in [3.05, 3.63) is 58.1 Å². The highest BCUT2D eigenvalue weighted by Crippen LogP contribution is 2.42. The molecule has 2 saturated heterocycles. The van der Waals surface area contributed by atoms with E-state index in [2.05, 4.69) is 35.0 Å². The topological polar surface area (TPSA) is 56.3 Å². The number of benzene rings is 2. The zero-order valence-corrected chi connectivity index (χ0v) is 22.3. The van der Waals surface area contributed by atoms with Crippen LogP contribution in [0.4, 0.5) is 5.69 Å². The number of carbonyl (C=O) groups excluding carboxylic acids is 2. The van der Waals surface area contributed by atoms with Crippen molar-refractivity contribution in [1.29, 1.82) is 0 Å². The second-order valence-electron chi connectivity index (χ2n) is 10.9. The van der Waals surface area contributed by atoms with Gasteiger partial charge in [-0.2, -0.15) is 0 Å². The Bertz CT molecular complexity index is 1190. The Balaban J connectivity index is 1.13. The Morgan fingerprint density at radius 2 is 1.76 bits per heavy atom. The molecule has 37 heavy (non-hydrogen) atoms. The van der Waals surface area contributed by atoms with E-state index in [0.717, 1.165) is 82.1 Å². The summed E-state index contributed by atoms with van der Waals surface area (Å²) in [6, 6.07) is 12.2. The van der Waals surface area contributed by atoms with Crippen molar-refractivity contribution in [2.75, 3.05) is 70.9 Å². The number of likely N-dealkylation sites (N-methyl/N-ethyl adjacent to an activating group) is 1. The first kappa shape index (κ1) is 24.6. The second-order valence-corrected chi connectivity index (χ2v) is 11.3. The first-order chi connectivity index (χ1) is 18.0. The number of para-hydroxylation sites is 1. The van der Waals surface area contributed by atoms with Gasteiger partial charge in [0, 0.05) is 62.9 Å². The van der Waals surface area contributed by atoms with Gasteiger partial charge in [-0.25, -0.2) is 0 Å². The molecule has 7 nitrogen and oxygen atoms in total. The van der Waals surface area contributed by atoms with Crippen molar-refractivity contribution >= 4 is 29.1 Å². The molecule has 2 amide bonds. The SMILES string of the molecule is CN1CCN(C(=O)CN2CC(C(=O)N3CCC(c4cccc5c4OCC5)CC3)c3ccc(Cl)cc32)CC1. The maximum atomic E-state index is 13.8. The van der Waals surface area contributed by atoms with Crippen molar-refractivity contribution in [3.8, 4) is 5.75 Å². The minimum absolute atomic E-state index is 0.116. The largest absolute Gasteiger partial charge is 0.493 e. The Morgan fingerprint density at radius 3 is 2.54 bits per heavy atom. The van der Waals surface area contributed by atoms with Crippen LogP contribution >= 0.6 is 11.6 Å². The maximum absolute atomic E-state index is 13.8. The van der Waals surface area contributed by atoms with Gasteiger partial charge in [-0.05, 0) is 54.6 Å². The molecule has 196 valence electrons. The summed E-state index contributed by atoms with van der Waals surface area (Å²) < 4.78 is 5.95. The predicted octanol–water partition coefficient (Wildman–Crippen LogP) is 3.36. The molecule has 1 atom stereocenters. The fraction of sp³-hybridized carbons (Fsp3) is 0.517. The quantitative estimate of drug-likeness (QED) is 0.616. The van der Waals surface area contributed by atoms with Crippen LogP contribution in [0.2, 0.25) is 5.02 Å². The van der Waals surface area contributed by atoms with Gasteiger partial charge >= 0.3 is 0 Å². The Labute approximate surface area is 223 Å². The fourth-order valence-electron chi connectivity index (χ4n) is 6.38. The number of rotatable bonds is 4. The number of likely N-dealkylation sites (tertiary alicyclic amines) is 1. The van der Waals surface area contributed by atoms with Gasteiger partial charge in [0.2, 0.25) is 11.8 Å². The van der Waals surface area contributed by atoms with E-state index in [-0.39, 0.29) is 24.3 Å². The Morgan fingerprint density at radius 1 is 0.973 bits per heavy atom. The molecule has 0 radical (unpaired) electrons. The van der Waals surface area contributed by atoms with Crippen molar-refractivity contribution < 1.29 is 14.3 Å². The van der Waals surface area contributed by atoms with E-state index in [9.17, 15) is 9.59 Å². The molecule has 4 aliphatic heterocycles. The number of nitrogens with zero attached hydrogens (tertiary/aromatic N) is 4. The molecule has 0 N–H and O–H groups in total. The molecule has 2 aromatic carbocycles. The molecule has 6 rings (SSSR count). The van der Waals surface area contributed by atoms with Gasteiger partial charge in [-0.3, -0.25) is 9.59 Å². The van der Waals surface area contributed by atoms with Crippen LogP contribution in [0.1, 0.15) is 41.4 Å². The average Bonchev–Trinajstić information content (AvgIpc) is 3.53. The van der Waals surface area contributed by atoms with E-state index in [1.54, 1.807) is 0 Å². The molecular weight excluding hydrogens is 488 g/mol. The summed E-state index contributed by atoms with van der Waals surface area (Å²) in [7, 11) is 2.08. The molecule has 0 bridgehead atoms. The van der Waals surface area contributed by atoms with Crippen LogP contribution in [0.15, 0.2) is 36.4 Å². The number of carbonyl (C=O) groups is 2. The number of hydrogen-bond donors (Lipinski definition) is 0. The van der Waals surface area contributed by atoms with Gasteiger partial charge in [0.15, 0.2) is 0 Å². The molecule has 4 heterocycles. The van der Waals surface area contributed by atoms with E-state index < -0.39 is 0 Å². The molecule has 0 saturated carbocycles. The van der Waals surface area contributed by atoms with Crippen molar-refractivity contribution in [2.24, 2.45) is 0 Å². The van der Waals surface area contributed by atoms with Crippen molar-refractivity contribution in [3.63, 3.8) is 0 Å². The standard InChI is InChI=1S/C29H35ClN4O3/c1-31-12-14-32(15-13-31)27(35)19-34-18-25(24-6-5-22(30)17-26(24)34)29(36)33-10-7-20(8-11-33)23-4-2-3-21-9-16-37-28(21)23/h2-6,17,20,25H,7-16,18-19H2,1H3. The highest BCUT2D eigenvalue weighted by Gasteiger charge is 2.39. The lowest BCUT2D eigenvalue weighted by atomic mass is 9.87. The van der Waals surface area contributed by atoms with Crippen LogP contribution in [0.25, 0.3) is 0 Å². The number of piperidine rings is 1. The summed E-state index contributed by atoms with van der Waals surface area (Å²) in [6.07, 6.45) is 2.87. The number of anilines is 1. The van der Waals surface area contributed by atoms with Gasteiger partial charge in [0.05, 0.1) is 19.1 Å². The number of halogens is 1. The second kappa shape index (κ2) is 10.2. The first-order valence-corrected chi connectivity index (χ1v) is 13.9.